The van der Waals surface area contributed by atoms with Crippen molar-refractivity contribution >= 4 is 15.7 Å². The first-order valence-electron chi connectivity index (χ1n) is 4.28. The van der Waals surface area contributed by atoms with Gasteiger partial charge in [0.05, 0.1) is 6.10 Å². The van der Waals surface area contributed by atoms with Gasteiger partial charge in [-0.2, -0.15) is 0 Å². The molecule has 72 valence electrons. The Kier molecular flexibility index (Phi) is 2.84. The number of hydrogen-bond donors (Lipinski definition) is 1. The van der Waals surface area contributed by atoms with Crippen molar-refractivity contribution in [1.29, 1.82) is 0 Å². The molecule has 2 atom stereocenters. The molecule has 1 saturated heterocycles. The van der Waals surface area contributed by atoms with E-state index >= 15 is 0 Å². The molecular weight excluding hydrogens is 191 g/mol. The van der Waals surface area contributed by atoms with Crippen molar-refractivity contribution in [3.8, 4) is 0 Å². The largest absolute Gasteiger partial charge is 0.393 e. The normalized spacial score (nSPS) is 37.2. The second kappa shape index (κ2) is 3.26. The number of aliphatic hydroxyl groups is 1. The predicted octanol–water partition coefficient (Wildman–Crippen LogP) is 1.88. The molecule has 1 aliphatic rings. The highest BCUT2D eigenvalue weighted by molar-refractivity contribution is 7.60. The molecule has 1 aliphatic heterocycles. The van der Waals surface area contributed by atoms with Crippen LogP contribution in [0.5, 0.6) is 0 Å². The summed E-state index contributed by atoms with van der Waals surface area (Å²) in [6.45, 7) is 6.08. The summed E-state index contributed by atoms with van der Waals surface area (Å²) in [7, 11) is -4.13. The van der Waals surface area contributed by atoms with Crippen molar-refractivity contribution < 1.29 is 13.9 Å². The van der Waals surface area contributed by atoms with Gasteiger partial charge in [-0.1, -0.05) is 0 Å². The molecule has 0 amide bonds. The van der Waals surface area contributed by atoms with Crippen LogP contribution >= 0.6 is 7.37 Å². The van der Waals surface area contributed by atoms with Crippen molar-refractivity contribution in [2.45, 2.75) is 32.2 Å². The lowest BCUT2D eigenvalue weighted by Crippen LogP contribution is -2.24. The SMILES string of the molecule is C[Si](C)(C)OP1(=O)CCC(O)C1. The highest BCUT2D eigenvalue weighted by atomic mass is 31.2. The lowest BCUT2D eigenvalue weighted by Gasteiger charge is -2.22. The van der Waals surface area contributed by atoms with E-state index in [9.17, 15) is 9.67 Å². The van der Waals surface area contributed by atoms with Crippen molar-refractivity contribution in [1.82, 2.24) is 0 Å². The maximum absolute atomic E-state index is 11.9. The van der Waals surface area contributed by atoms with Gasteiger partial charge in [0.1, 0.15) is 0 Å². The Balaban J connectivity index is 2.57. The molecule has 2 unspecified atom stereocenters. The average molecular weight is 208 g/mol. The minimum absolute atomic E-state index is 0.372. The van der Waals surface area contributed by atoms with E-state index in [1.54, 1.807) is 0 Å². The number of rotatable bonds is 2. The highest BCUT2D eigenvalue weighted by Crippen LogP contribution is 2.54. The Bertz CT molecular complexity index is 211. The Morgan fingerprint density at radius 3 is 2.42 bits per heavy atom. The third-order valence-corrected chi connectivity index (χ3v) is 7.17. The first-order chi connectivity index (χ1) is 5.31. The molecule has 0 spiro atoms. The van der Waals surface area contributed by atoms with Gasteiger partial charge in [0, 0.05) is 12.3 Å². The first-order valence-corrected chi connectivity index (χ1v) is 9.68. The topological polar surface area (TPSA) is 46.5 Å². The minimum Gasteiger partial charge on any atom is -0.393 e. The van der Waals surface area contributed by atoms with Crippen LogP contribution < -0.4 is 0 Å². The van der Waals surface area contributed by atoms with Crippen LogP contribution in [0.25, 0.3) is 0 Å². The monoisotopic (exact) mass is 208 g/mol. The molecular formula is C7H17O3PSi. The summed E-state index contributed by atoms with van der Waals surface area (Å²) in [5, 5.41) is 9.22. The van der Waals surface area contributed by atoms with Gasteiger partial charge in [0.25, 0.3) is 0 Å². The fourth-order valence-electron chi connectivity index (χ4n) is 1.43. The van der Waals surface area contributed by atoms with Crippen molar-refractivity contribution in [2.24, 2.45) is 0 Å². The zero-order valence-corrected chi connectivity index (χ0v) is 9.80. The maximum Gasteiger partial charge on any atom is 0.196 e. The first kappa shape index (κ1) is 10.4. The third-order valence-electron chi connectivity index (χ3n) is 1.73. The van der Waals surface area contributed by atoms with Gasteiger partial charge < -0.3 is 9.32 Å². The van der Waals surface area contributed by atoms with Gasteiger partial charge in [0.2, 0.25) is 0 Å². The van der Waals surface area contributed by atoms with Crippen LogP contribution in [-0.4, -0.2) is 31.9 Å². The summed E-state index contributed by atoms with van der Waals surface area (Å²) in [6, 6.07) is 0. The molecule has 0 saturated carbocycles. The van der Waals surface area contributed by atoms with Crippen LogP contribution in [0.4, 0.5) is 0 Å². The Morgan fingerprint density at radius 1 is 1.50 bits per heavy atom. The van der Waals surface area contributed by atoms with Crippen LogP contribution in [0, 0.1) is 0 Å². The molecule has 1 fully saturated rings. The van der Waals surface area contributed by atoms with Gasteiger partial charge in [-0.15, -0.1) is 0 Å². The minimum atomic E-state index is -2.44. The lowest BCUT2D eigenvalue weighted by atomic mass is 10.3. The van der Waals surface area contributed by atoms with E-state index in [1.165, 1.54) is 0 Å². The van der Waals surface area contributed by atoms with Crippen LogP contribution in [0.1, 0.15) is 6.42 Å². The van der Waals surface area contributed by atoms with E-state index in [0.29, 0.717) is 18.7 Å². The predicted molar refractivity (Wildman–Crippen MR) is 52.4 cm³/mol. The zero-order valence-electron chi connectivity index (χ0n) is 7.91. The molecule has 12 heavy (non-hydrogen) atoms. The molecule has 1 N–H and O–H groups in total. The summed E-state index contributed by atoms with van der Waals surface area (Å²) < 4.78 is 17.5. The summed E-state index contributed by atoms with van der Waals surface area (Å²) in [6.07, 6.45) is 1.18. The molecule has 1 heterocycles. The van der Waals surface area contributed by atoms with Crippen LogP contribution in [0.3, 0.4) is 0 Å². The molecule has 0 aromatic heterocycles. The van der Waals surface area contributed by atoms with Crippen LogP contribution in [0.15, 0.2) is 0 Å². The van der Waals surface area contributed by atoms with Gasteiger partial charge >= 0.3 is 0 Å². The van der Waals surface area contributed by atoms with E-state index in [-0.39, 0.29) is 0 Å². The Morgan fingerprint density at radius 2 is 2.08 bits per heavy atom. The second-order valence-electron chi connectivity index (χ2n) is 4.37. The van der Waals surface area contributed by atoms with Crippen LogP contribution in [-0.2, 0) is 8.78 Å². The number of hydrogen-bond acceptors (Lipinski definition) is 3. The molecule has 3 nitrogen and oxygen atoms in total. The van der Waals surface area contributed by atoms with Crippen LogP contribution in [0.2, 0.25) is 19.6 Å². The maximum atomic E-state index is 11.9. The summed E-state index contributed by atoms with van der Waals surface area (Å²) in [5.74, 6) is 0. The molecule has 0 radical (unpaired) electrons. The molecule has 0 bridgehead atoms. The number of aliphatic hydroxyl groups excluding tert-OH is 1. The molecule has 0 aliphatic carbocycles. The zero-order chi connectivity index (χ0) is 9.41. The van der Waals surface area contributed by atoms with E-state index in [4.69, 9.17) is 4.21 Å². The molecule has 5 heteroatoms. The van der Waals surface area contributed by atoms with E-state index in [2.05, 4.69) is 0 Å². The van der Waals surface area contributed by atoms with Crippen molar-refractivity contribution in [3.63, 3.8) is 0 Å². The molecule has 1 rings (SSSR count). The van der Waals surface area contributed by atoms with Crippen molar-refractivity contribution in [3.05, 3.63) is 0 Å². The lowest BCUT2D eigenvalue weighted by molar-refractivity contribution is 0.201. The molecule has 0 aromatic carbocycles. The Labute approximate surface area is 74.7 Å². The summed E-state index contributed by atoms with van der Waals surface area (Å²) >= 11 is 0. The summed E-state index contributed by atoms with van der Waals surface area (Å²) in [5.41, 5.74) is 0. The quantitative estimate of drug-likeness (QED) is 0.556. The molecule has 0 aromatic rings. The fourth-order valence-corrected chi connectivity index (χ4v) is 7.79. The van der Waals surface area contributed by atoms with E-state index < -0.39 is 21.8 Å². The second-order valence-corrected chi connectivity index (χ2v) is 11.8. The van der Waals surface area contributed by atoms with E-state index in [0.717, 1.165) is 0 Å². The Hall–Kier alpha value is 0.367. The van der Waals surface area contributed by atoms with Gasteiger partial charge in [-0.25, -0.2) is 0 Å². The van der Waals surface area contributed by atoms with Gasteiger partial charge in [-0.3, -0.25) is 4.57 Å². The van der Waals surface area contributed by atoms with Crippen molar-refractivity contribution in [2.75, 3.05) is 12.3 Å². The van der Waals surface area contributed by atoms with Gasteiger partial charge in [-0.05, 0) is 26.1 Å². The fraction of sp³-hybridized carbons (Fsp3) is 1.00. The van der Waals surface area contributed by atoms with Gasteiger partial charge in [0.15, 0.2) is 15.7 Å². The third kappa shape index (κ3) is 3.02. The average Bonchev–Trinajstić information content (AvgIpc) is 2.05. The van der Waals surface area contributed by atoms with E-state index in [1.807, 2.05) is 19.6 Å². The standard InChI is InChI=1S/C7H17O3PSi/c1-12(2,3)10-11(9)5-4-7(8)6-11/h7-8H,4-6H2,1-3H3. The summed E-state index contributed by atoms with van der Waals surface area (Å²) in [4.78, 5) is 0. The highest BCUT2D eigenvalue weighted by Gasteiger charge is 2.37. The smallest absolute Gasteiger partial charge is 0.196 e.